The summed E-state index contributed by atoms with van der Waals surface area (Å²) < 4.78 is 0. The molecule has 1 aromatic heterocycles. The van der Waals surface area contributed by atoms with Crippen molar-refractivity contribution in [3.63, 3.8) is 0 Å². The third-order valence-corrected chi connectivity index (χ3v) is 16.4. The van der Waals surface area contributed by atoms with E-state index in [0.717, 1.165) is 48.9 Å². The number of aromatic nitrogens is 2. The van der Waals surface area contributed by atoms with Crippen LogP contribution in [0.15, 0.2) is 48.6 Å². The van der Waals surface area contributed by atoms with Crippen molar-refractivity contribution in [2.24, 2.45) is 50.7 Å². The zero-order valence-corrected chi connectivity index (χ0v) is 31.2. The van der Waals surface area contributed by atoms with Crippen molar-refractivity contribution >= 4 is 11.8 Å². The van der Waals surface area contributed by atoms with Crippen molar-refractivity contribution in [1.29, 1.82) is 0 Å². The topological polar surface area (TPSA) is 87.1 Å². The molecule has 2 aromatic rings. The van der Waals surface area contributed by atoms with Gasteiger partial charge in [-0.3, -0.25) is 0 Å². The molecular formula is C43H62N4O2. The number of hydrogen-bond acceptors (Lipinski definition) is 5. The lowest BCUT2D eigenvalue weighted by Gasteiger charge is -2.73. The quantitative estimate of drug-likeness (QED) is 0.183. The smallest absolute Gasteiger partial charge is 0.335 e. The first-order chi connectivity index (χ1) is 23.3. The van der Waals surface area contributed by atoms with Gasteiger partial charge in [-0.25, -0.2) is 4.79 Å². The predicted octanol–water partition coefficient (Wildman–Crippen LogP) is 9.68. The van der Waals surface area contributed by atoms with Crippen molar-refractivity contribution < 1.29 is 9.90 Å². The number of hydrogen-bond donors (Lipinski definition) is 3. The molecule has 6 heteroatoms. The Hall–Kier alpha value is -2.73. The Kier molecular flexibility index (Phi) is 8.85. The molecule has 5 saturated carbocycles. The van der Waals surface area contributed by atoms with E-state index in [2.05, 4.69) is 67.6 Å². The predicted molar refractivity (Wildman–Crippen MR) is 199 cm³/mol. The fraction of sp³-hybridized carbons (Fsp3) is 0.698. The summed E-state index contributed by atoms with van der Waals surface area (Å²) in [5.41, 5.74) is 5.69. The Labute approximate surface area is 295 Å². The average Bonchev–Trinajstić information content (AvgIpc) is 3.51. The van der Waals surface area contributed by atoms with Crippen LogP contribution in [-0.2, 0) is 0 Å². The van der Waals surface area contributed by atoms with E-state index in [1.54, 1.807) is 0 Å². The molecule has 0 spiro atoms. The highest BCUT2D eigenvalue weighted by Crippen LogP contribution is 2.78. The molecule has 0 bridgehead atoms. The molecule has 266 valence electrons. The number of rotatable bonds is 9. The molecule has 5 fully saturated rings. The molecule has 5 aliphatic carbocycles. The van der Waals surface area contributed by atoms with Crippen LogP contribution < -0.4 is 10.6 Å². The van der Waals surface area contributed by atoms with E-state index in [0.29, 0.717) is 39.1 Å². The summed E-state index contributed by atoms with van der Waals surface area (Å²) >= 11 is 0. The zero-order chi connectivity index (χ0) is 34.8. The van der Waals surface area contributed by atoms with Crippen LogP contribution in [0.25, 0.3) is 0 Å². The van der Waals surface area contributed by atoms with Gasteiger partial charge in [0.25, 0.3) is 0 Å². The summed E-state index contributed by atoms with van der Waals surface area (Å²) in [5.74, 6) is 3.48. The van der Waals surface area contributed by atoms with Gasteiger partial charge < -0.3 is 15.7 Å². The third kappa shape index (κ3) is 5.40. The van der Waals surface area contributed by atoms with Crippen LogP contribution in [0.5, 0.6) is 0 Å². The Morgan fingerprint density at radius 1 is 0.816 bits per heavy atom. The Balaban J connectivity index is 1.05. The van der Waals surface area contributed by atoms with Crippen molar-refractivity contribution in [2.75, 3.05) is 25.0 Å². The monoisotopic (exact) mass is 666 g/mol. The van der Waals surface area contributed by atoms with Crippen LogP contribution in [0.4, 0.5) is 5.82 Å². The molecule has 3 N–H and O–H groups in total. The molecule has 1 unspecified atom stereocenters. The van der Waals surface area contributed by atoms with Gasteiger partial charge in [-0.15, -0.1) is 5.10 Å². The minimum atomic E-state index is -0.838. The standard InChI is InChI=1S/C43H62N4O2/c1-28(27-44-25-26-45-37-17-10-29(2)46-47-37)43-20-8-9-34(43)33-15-16-36-40(5)21-18-32(30-11-13-31(14-12-30)38(48)49)39(3,4)35(40)19-22-42(36,7)41(33,6)23-24-43/h10-14,17,32-36,44H,1,8-9,15-16,18-27H2,2-7H3,(H,45,47)(H,48,49)/t32?,33-,34-,35-,36-,40+,41-,42-,43-/m1/s1. The highest BCUT2D eigenvalue weighted by molar-refractivity contribution is 5.87. The Morgan fingerprint density at radius 2 is 1.59 bits per heavy atom. The maximum atomic E-state index is 11.5. The number of anilines is 1. The Morgan fingerprint density at radius 3 is 2.31 bits per heavy atom. The maximum absolute atomic E-state index is 11.5. The molecule has 0 radical (unpaired) electrons. The number of carboxylic acid groups (broad SMARTS) is 1. The number of carbonyl (C=O) groups is 1. The summed E-state index contributed by atoms with van der Waals surface area (Å²) in [4.78, 5) is 11.5. The number of carboxylic acids is 1. The van der Waals surface area contributed by atoms with Crippen LogP contribution >= 0.6 is 0 Å². The second-order valence-corrected chi connectivity index (χ2v) is 18.4. The Bertz CT molecular complexity index is 1550. The van der Waals surface area contributed by atoms with Gasteiger partial charge in [0.05, 0.1) is 11.3 Å². The van der Waals surface area contributed by atoms with Crippen LogP contribution in [0.1, 0.15) is 133 Å². The fourth-order valence-corrected chi connectivity index (χ4v) is 13.8. The van der Waals surface area contributed by atoms with Crippen molar-refractivity contribution in [3.05, 3.63) is 65.4 Å². The summed E-state index contributed by atoms with van der Waals surface area (Å²) in [6.45, 7) is 22.7. The van der Waals surface area contributed by atoms with Crippen LogP contribution in [0.3, 0.4) is 0 Å². The molecule has 6 nitrogen and oxygen atoms in total. The SMILES string of the molecule is C=C(CNCCNc1ccc(C)nn1)[C@]12CCC[C@@H]1[C@H]1CC[C@@H]3[C@@]4(C)CCC(c5ccc(C(=O)O)cc5)C(C)(C)[C@H]4CC[C@@]3(C)[C@]1(C)CC2. The summed E-state index contributed by atoms with van der Waals surface area (Å²) in [6, 6.07) is 11.8. The van der Waals surface area contributed by atoms with Gasteiger partial charge in [0, 0.05) is 19.6 Å². The summed E-state index contributed by atoms with van der Waals surface area (Å²) in [6.07, 6.45) is 14.6. The molecule has 9 atom stereocenters. The minimum absolute atomic E-state index is 0.178. The maximum Gasteiger partial charge on any atom is 0.335 e. The minimum Gasteiger partial charge on any atom is -0.478 e. The molecule has 49 heavy (non-hydrogen) atoms. The van der Waals surface area contributed by atoms with Crippen molar-refractivity contribution in [1.82, 2.24) is 15.5 Å². The van der Waals surface area contributed by atoms with Gasteiger partial charge >= 0.3 is 5.97 Å². The highest BCUT2D eigenvalue weighted by atomic mass is 16.4. The fourth-order valence-electron chi connectivity index (χ4n) is 13.8. The third-order valence-electron chi connectivity index (χ3n) is 16.4. The summed E-state index contributed by atoms with van der Waals surface area (Å²) in [7, 11) is 0. The molecule has 0 aliphatic heterocycles. The van der Waals surface area contributed by atoms with E-state index in [4.69, 9.17) is 6.58 Å². The van der Waals surface area contributed by atoms with Gasteiger partial charge in [0.15, 0.2) is 0 Å². The van der Waals surface area contributed by atoms with Gasteiger partial charge in [0.2, 0.25) is 0 Å². The van der Waals surface area contributed by atoms with Crippen molar-refractivity contribution in [3.8, 4) is 0 Å². The van der Waals surface area contributed by atoms with Gasteiger partial charge in [-0.1, -0.05) is 65.3 Å². The number of aromatic carboxylic acids is 1. The second-order valence-electron chi connectivity index (χ2n) is 18.4. The molecule has 1 aromatic carbocycles. The first kappa shape index (κ1) is 34.7. The van der Waals surface area contributed by atoms with E-state index < -0.39 is 5.97 Å². The largest absolute Gasteiger partial charge is 0.478 e. The number of fused-ring (bicyclic) bond motifs is 7. The lowest BCUT2D eigenvalue weighted by molar-refractivity contribution is -0.234. The van der Waals surface area contributed by atoms with E-state index in [-0.39, 0.29) is 5.41 Å². The van der Waals surface area contributed by atoms with Crippen LogP contribution in [-0.4, -0.2) is 40.9 Å². The molecule has 1 heterocycles. The number of aryl methyl sites for hydroxylation is 1. The van der Waals surface area contributed by atoms with Crippen molar-refractivity contribution in [2.45, 2.75) is 118 Å². The van der Waals surface area contributed by atoms with Gasteiger partial charge in [0.1, 0.15) is 5.82 Å². The first-order valence-corrected chi connectivity index (χ1v) is 19.5. The van der Waals surface area contributed by atoms with E-state index >= 15 is 0 Å². The number of nitrogens with one attached hydrogen (secondary N) is 2. The lowest BCUT2D eigenvalue weighted by Crippen LogP contribution is -2.65. The van der Waals surface area contributed by atoms with E-state index in [9.17, 15) is 9.90 Å². The number of nitrogens with zero attached hydrogens (tertiary/aromatic N) is 2. The molecule has 5 aliphatic rings. The summed E-state index contributed by atoms with van der Waals surface area (Å²) in [5, 5.41) is 25.0. The van der Waals surface area contributed by atoms with Gasteiger partial charge in [-0.05, 0) is 158 Å². The van der Waals surface area contributed by atoms with E-state index in [1.807, 2.05) is 31.2 Å². The number of benzene rings is 1. The lowest BCUT2D eigenvalue weighted by atomic mass is 9.32. The first-order valence-electron chi connectivity index (χ1n) is 19.5. The highest BCUT2D eigenvalue weighted by Gasteiger charge is 2.70. The zero-order valence-electron chi connectivity index (χ0n) is 31.2. The second kappa shape index (κ2) is 12.5. The molecule has 7 rings (SSSR count). The normalized spacial score (nSPS) is 39.2. The molecular weight excluding hydrogens is 604 g/mol. The van der Waals surface area contributed by atoms with Crippen LogP contribution in [0.2, 0.25) is 0 Å². The van der Waals surface area contributed by atoms with E-state index in [1.165, 1.54) is 81.8 Å². The molecule has 0 saturated heterocycles. The average molecular weight is 667 g/mol. The van der Waals surface area contributed by atoms with Crippen LogP contribution in [0, 0.1) is 57.7 Å². The van der Waals surface area contributed by atoms with Gasteiger partial charge in [-0.2, -0.15) is 5.10 Å². The molecule has 0 amide bonds.